The van der Waals surface area contributed by atoms with E-state index in [-0.39, 0.29) is 0 Å². The summed E-state index contributed by atoms with van der Waals surface area (Å²) >= 11 is 0. The van der Waals surface area contributed by atoms with Gasteiger partial charge < -0.3 is 14.9 Å². The van der Waals surface area contributed by atoms with Gasteiger partial charge in [0.05, 0.1) is 24.6 Å². The lowest BCUT2D eigenvalue weighted by Gasteiger charge is -2.01. The molecule has 0 saturated carbocycles. The van der Waals surface area contributed by atoms with E-state index >= 15 is 0 Å². The molecule has 0 atom stereocenters. The molecule has 1 aromatic carbocycles. The van der Waals surface area contributed by atoms with E-state index in [1.807, 2.05) is 0 Å². The molecule has 0 radical (unpaired) electrons. The Labute approximate surface area is 80.3 Å². The first kappa shape index (κ1) is 8.62. The predicted molar refractivity (Wildman–Crippen MR) is 52.0 cm³/mol. The highest BCUT2D eigenvalue weighted by Crippen LogP contribution is 2.25. The highest BCUT2D eigenvalue weighted by Gasteiger charge is 2.13. The van der Waals surface area contributed by atoms with Gasteiger partial charge in [-0.25, -0.2) is 4.79 Å². The molecule has 4 heteroatoms. The zero-order chi connectivity index (χ0) is 10.1. The van der Waals surface area contributed by atoms with E-state index in [0.717, 1.165) is 0 Å². The third kappa shape index (κ3) is 1.12. The van der Waals surface area contributed by atoms with Gasteiger partial charge in [0, 0.05) is 5.39 Å². The van der Waals surface area contributed by atoms with Crippen LogP contribution in [-0.2, 0) is 4.74 Å². The molecule has 0 amide bonds. The summed E-state index contributed by atoms with van der Waals surface area (Å²) in [7, 11) is 1.34. The van der Waals surface area contributed by atoms with Crippen molar-refractivity contribution >= 4 is 22.6 Å². The van der Waals surface area contributed by atoms with E-state index in [1.165, 1.54) is 13.4 Å². The smallest absolute Gasteiger partial charge is 0.338 e. The molecular weight excluding hydrogens is 182 g/mol. The van der Waals surface area contributed by atoms with E-state index in [9.17, 15) is 4.79 Å². The number of benzene rings is 1. The van der Waals surface area contributed by atoms with Crippen LogP contribution < -0.4 is 5.73 Å². The summed E-state index contributed by atoms with van der Waals surface area (Å²) in [5, 5.41) is 0.678. The lowest BCUT2D eigenvalue weighted by molar-refractivity contribution is 0.0603. The van der Waals surface area contributed by atoms with Gasteiger partial charge in [0.2, 0.25) is 0 Å². The number of hydrogen-bond donors (Lipinski definition) is 1. The van der Waals surface area contributed by atoms with E-state index < -0.39 is 5.97 Å². The summed E-state index contributed by atoms with van der Waals surface area (Å²) in [5.74, 6) is -0.392. The minimum Gasteiger partial charge on any atom is -0.465 e. The van der Waals surface area contributed by atoms with E-state index in [2.05, 4.69) is 4.74 Å². The Morgan fingerprint density at radius 1 is 1.43 bits per heavy atom. The largest absolute Gasteiger partial charge is 0.465 e. The average Bonchev–Trinajstić information content (AvgIpc) is 2.67. The molecule has 0 unspecified atom stereocenters. The van der Waals surface area contributed by atoms with Crippen LogP contribution in [0.15, 0.2) is 28.9 Å². The van der Waals surface area contributed by atoms with E-state index in [1.54, 1.807) is 18.2 Å². The maximum Gasteiger partial charge on any atom is 0.338 e. The van der Waals surface area contributed by atoms with Crippen LogP contribution in [0.25, 0.3) is 11.0 Å². The number of carbonyl (C=O) groups is 1. The molecule has 72 valence electrons. The Hall–Kier alpha value is -1.97. The summed E-state index contributed by atoms with van der Waals surface area (Å²) in [6.07, 6.45) is 1.49. The fourth-order valence-corrected chi connectivity index (χ4v) is 1.37. The molecule has 0 bridgehead atoms. The fraction of sp³-hybridized carbons (Fsp3) is 0.100. The van der Waals surface area contributed by atoms with Crippen molar-refractivity contribution in [1.29, 1.82) is 0 Å². The number of nitrogens with two attached hydrogens (primary N) is 1. The SMILES string of the molecule is COC(=O)c1ccc(N)c2occc12. The first-order chi connectivity index (χ1) is 6.74. The Kier molecular flexibility index (Phi) is 1.89. The number of hydrogen-bond acceptors (Lipinski definition) is 4. The number of carbonyl (C=O) groups excluding carboxylic acids is 1. The topological polar surface area (TPSA) is 65.5 Å². The molecule has 2 aromatic rings. The Morgan fingerprint density at radius 3 is 2.93 bits per heavy atom. The van der Waals surface area contributed by atoms with Gasteiger partial charge in [-0.05, 0) is 18.2 Å². The van der Waals surface area contributed by atoms with Crippen molar-refractivity contribution in [1.82, 2.24) is 0 Å². The van der Waals surface area contributed by atoms with Gasteiger partial charge in [-0.1, -0.05) is 0 Å². The van der Waals surface area contributed by atoms with Crippen molar-refractivity contribution in [2.24, 2.45) is 0 Å². The molecule has 4 nitrogen and oxygen atoms in total. The van der Waals surface area contributed by atoms with Crippen LogP contribution in [0.4, 0.5) is 5.69 Å². The molecule has 0 aliphatic rings. The highest BCUT2D eigenvalue weighted by atomic mass is 16.5. The predicted octanol–water partition coefficient (Wildman–Crippen LogP) is 1.80. The van der Waals surface area contributed by atoms with Gasteiger partial charge in [0.1, 0.15) is 0 Å². The van der Waals surface area contributed by atoms with Gasteiger partial charge in [0.15, 0.2) is 5.58 Å². The maximum absolute atomic E-state index is 11.3. The number of nitrogen functional groups attached to an aromatic ring is 1. The molecule has 0 saturated heterocycles. The minimum absolute atomic E-state index is 0.392. The molecule has 1 aromatic heterocycles. The first-order valence-electron chi connectivity index (χ1n) is 4.08. The van der Waals surface area contributed by atoms with Crippen molar-refractivity contribution in [3.05, 3.63) is 30.0 Å². The van der Waals surface area contributed by atoms with Crippen molar-refractivity contribution < 1.29 is 13.9 Å². The van der Waals surface area contributed by atoms with Crippen molar-refractivity contribution in [3.63, 3.8) is 0 Å². The van der Waals surface area contributed by atoms with Crippen LogP contribution >= 0.6 is 0 Å². The van der Waals surface area contributed by atoms with Gasteiger partial charge >= 0.3 is 5.97 Å². The Bertz CT molecular complexity index is 487. The Balaban J connectivity index is 2.72. The molecule has 0 aliphatic carbocycles. The number of anilines is 1. The zero-order valence-corrected chi connectivity index (χ0v) is 7.61. The summed E-state index contributed by atoms with van der Waals surface area (Å²) in [6.45, 7) is 0. The van der Waals surface area contributed by atoms with Crippen molar-refractivity contribution in [3.8, 4) is 0 Å². The van der Waals surface area contributed by atoms with Crippen molar-refractivity contribution in [2.75, 3.05) is 12.8 Å². The summed E-state index contributed by atoms with van der Waals surface area (Å²) in [5.41, 5.74) is 7.16. The summed E-state index contributed by atoms with van der Waals surface area (Å²) < 4.78 is 9.78. The standard InChI is InChI=1S/C10H9NO3/c1-13-10(12)7-2-3-8(11)9-6(7)4-5-14-9/h2-5H,11H2,1H3. The van der Waals surface area contributed by atoms with Gasteiger partial charge in [-0.2, -0.15) is 0 Å². The number of fused-ring (bicyclic) bond motifs is 1. The van der Waals surface area contributed by atoms with Crippen LogP contribution in [0.2, 0.25) is 0 Å². The normalized spacial score (nSPS) is 10.4. The van der Waals surface area contributed by atoms with E-state index in [0.29, 0.717) is 22.2 Å². The second-order valence-electron chi connectivity index (χ2n) is 2.86. The number of methoxy groups -OCH3 is 1. The van der Waals surface area contributed by atoms with Crippen LogP contribution in [0.1, 0.15) is 10.4 Å². The number of furan rings is 1. The molecule has 0 fully saturated rings. The third-order valence-corrected chi connectivity index (χ3v) is 2.05. The second-order valence-corrected chi connectivity index (χ2v) is 2.86. The minimum atomic E-state index is -0.392. The van der Waals surface area contributed by atoms with Crippen LogP contribution in [0.5, 0.6) is 0 Å². The van der Waals surface area contributed by atoms with Gasteiger partial charge in [-0.15, -0.1) is 0 Å². The number of rotatable bonds is 1. The van der Waals surface area contributed by atoms with Crippen LogP contribution in [-0.4, -0.2) is 13.1 Å². The Morgan fingerprint density at radius 2 is 2.21 bits per heavy atom. The average molecular weight is 191 g/mol. The zero-order valence-electron chi connectivity index (χ0n) is 7.61. The lowest BCUT2D eigenvalue weighted by atomic mass is 10.1. The summed E-state index contributed by atoms with van der Waals surface area (Å²) in [4.78, 5) is 11.3. The molecule has 0 spiro atoms. The molecule has 1 heterocycles. The quantitative estimate of drug-likeness (QED) is 0.551. The van der Waals surface area contributed by atoms with Gasteiger partial charge in [0.25, 0.3) is 0 Å². The lowest BCUT2D eigenvalue weighted by Crippen LogP contribution is -2.01. The van der Waals surface area contributed by atoms with Crippen LogP contribution in [0, 0.1) is 0 Å². The van der Waals surface area contributed by atoms with Crippen molar-refractivity contribution in [2.45, 2.75) is 0 Å². The van der Waals surface area contributed by atoms with Crippen LogP contribution in [0.3, 0.4) is 0 Å². The number of ether oxygens (including phenoxy) is 1. The van der Waals surface area contributed by atoms with E-state index in [4.69, 9.17) is 10.2 Å². The summed E-state index contributed by atoms with van der Waals surface area (Å²) in [6, 6.07) is 4.94. The molecule has 2 N–H and O–H groups in total. The highest BCUT2D eigenvalue weighted by molar-refractivity contribution is 6.06. The molecule has 14 heavy (non-hydrogen) atoms. The fourth-order valence-electron chi connectivity index (χ4n) is 1.37. The monoisotopic (exact) mass is 191 g/mol. The third-order valence-electron chi connectivity index (χ3n) is 2.05. The maximum atomic E-state index is 11.3. The first-order valence-corrected chi connectivity index (χ1v) is 4.08. The molecular formula is C10H9NO3. The number of esters is 1. The molecule has 2 rings (SSSR count). The molecule has 0 aliphatic heterocycles. The van der Waals surface area contributed by atoms with Gasteiger partial charge in [-0.3, -0.25) is 0 Å². The second kappa shape index (κ2) is 3.06.